The number of hydrogen-bond donors (Lipinski definition) is 0. The van der Waals surface area contributed by atoms with Gasteiger partial charge >= 0.3 is 6.09 Å². The quantitative estimate of drug-likeness (QED) is 0.185. The van der Waals surface area contributed by atoms with Gasteiger partial charge in [-0.15, -0.1) is 0 Å². The summed E-state index contributed by atoms with van der Waals surface area (Å²) in [7, 11) is -3.81. The first kappa shape index (κ1) is 31.3. The molecule has 0 aliphatic carbocycles. The van der Waals surface area contributed by atoms with Gasteiger partial charge in [0.15, 0.2) is 0 Å². The summed E-state index contributed by atoms with van der Waals surface area (Å²) < 4.78 is 35.4. The number of likely N-dealkylation sites (tertiary alicyclic amines) is 1. The summed E-state index contributed by atoms with van der Waals surface area (Å²) in [5, 5.41) is 0. The minimum Gasteiger partial charge on any atom is -0.448 e. The number of aryl methyl sites for hydroxylation is 1. The molecule has 4 aromatic rings. The minimum absolute atomic E-state index is 0.00951. The fraction of sp³-hybridized carbons (Fsp3) is 0.306. The highest BCUT2D eigenvalue weighted by Gasteiger charge is 2.36. The zero-order chi connectivity index (χ0) is 30.9. The van der Waals surface area contributed by atoms with Gasteiger partial charge in [0.2, 0.25) is 0 Å². The van der Waals surface area contributed by atoms with Crippen molar-refractivity contribution >= 4 is 21.8 Å². The van der Waals surface area contributed by atoms with Gasteiger partial charge in [0.05, 0.1) is 10.6 Å². The van der Waals surface area contributed by atoms with Crippen molar-refractivity contribution in [2.24, 2.45) is 0 Å². The molecule has 7 nitrogen and oxygen atoms in total. The molecule has 44 heavy (non-hydrogen) atoms. The second-order valence-corrected chi connectivity index (χ2v) is 13.2. The van der Waals surface area contributed by atoms with Crippen molar-refractivity contribution in [2.45, 2.75) is 56.8 Å². The molecule has 1 saturated heterocycles. The maximum absolute atomic E-state index is 14.0. The van der Waals surface area contributed by atoms with Gasteiger partial charge in [0.1, 0.15) is 6.61 Å². The maximum atomic E-state index is 14.0. The number of amides is 1. The molecule has 1 aliphatic rings. The van der Waals surface area contributed by atoms with E-state index in [1.807, 2.05) is 85.8 Å². The predicted octanol–water partition coefficient (Wildman–Crippen LogP) is 6.88. The van der Waals surface area contributed by atoms with Crippen molar-refractivity contribution in [1.29, 1.82) is 0 Å². The number of nitrogens with zero attached hydrogens (tertiary/aromatic N) is 3. The number of sulfonamides is 1. The molecule has 230 valence electrons. The Bertz CT molecular complexity index is 1550. The van der Waals surface area contributed by atoms with Gasteiger partial charge in [0, 0.05) is 38.3 Å². The van der Waals surface area contributed by atoms with Gasteiger partial charge in [-0.2, -0.15) is 0 Å². The van der Waals surface area contributed by atoms with Gasteiger partial charge < -0.3 is 9.64 Å². The van der Waals surface area contributed by atoms with E-state index in [2.05, 4.69) is 36.1 Å². The van der Waals surface area contributed by atoms with Crippen molar-refractivity contribution < 1.29 is 17.9 Å². The van der Waals surface area contributed by atoms with E-state index in [0.29, 0.717) is 42.1 Å². The first-order valence-electron chi connectivity index (χ1n) is 15.2. The SMILES string of the molecule is Cc1ccccc1S(=O)(=O)N(c1ccccc1)C1CCN(C(=O)OCC(C)N(Cc2ccccc2)Cc2ccccc2)CC1. The second-order valence-electron chi connectivity index (χ2n) is 11.4. The zero-order valence-electron chi connectivity index (χ0n) is 25.5. The van der Waals surface area contributed by atoms with Crippen LogP contribution in [0, 0.1) is 6.92 Å². The highest BCUT2D eigenvalue weighted by atomic mass is 32.2. The van der Waals surface area contributed by atoms with Crippen LogP contribution < -0.4 is 4.31 Å². The molecule has 1 atom stereocenters. The number of carbonyl (C=O) groups excluding carboxylic acids is 1. The summed E-state index contributed by atoms with van der Waals surface area (Å²) in [5.41, 5.74) is 3.74. The molecule has 0 spiro atoms. The van der Waals surface area contributed by atoms with Crippen LogP contribution >= 0.6 is 0 Å². The standard InChI is InChI=1S/C36H41N3O4S/c1-29-14-12-13-21-35(29)44(41,42)39(33-19-10-5-11-20-33)34-22-24-37(25-23-34)36(40)43-28-30(2)38(26-31-15-6-3-7-16-31)27-32-17-8-4-9-18-32/h3-21,30,34H,22-28H2,1-2H3. The Balaban J connectivity index is 1.23. The number of rotatable bonds is 11. The van der Waals surface area contributed by atoms with Crippen molar-refractivity contribution in [3.05, 3.63) is 132 Å². The zero-order valence-corrected chi connectivity index (χ0v) is 26.3. The summed E-state index contributed by atoms with van der Waals surface area (Å²) in [5.74, 6) is 0. The lowest BCUT2D eigenvalue weighted by Crippen LogP contribution is -2.49. The minimum atomic E-state index is -3.81. The number of carbonyl (C=O) groups is 1. The Morgan fingerprint density at radius 2 is 1.30 bits per heavy atom. The molecule has 0 N–H and O–H groups in total. The predicted molar refractivity (Wildman–Crippen MR) is 175 cm³/mol. The molecule has 1 heterocycles. The third kappa shape index (κ3) is 7.68. The van der Waals surface area contributed by atoms with E-state index in [1.54, 1.807) is 21.3 Å². The topological polar surface area (TPSA) is 70.2 Å². The molecule has 0 radical (unpaired) electrons. The lowest BCUT2D eigenvalue weighted by Gasteiger charge is -2.39. The van der Waals surface area contributed by atoms with Crippen LogP contribution in [0.2, 0.25) is 0 Å². The number of para-hydroxylation sites is 1. The van der Waals surface area contributed by atoms with Crippen LogP contribution in [0.15, 0.2) is 120 Å². The van der Waals surface area contributed by atoms with Crippen LogP contribution in [0.1, 0.15) is 36.5 Å². The third-order valence-electron chi connectivity index (χ3n) is 8.22. The van der Waals surface area contributed by atoms with Crippen LogP contribution in [0.3, 0.4) is 0 Å². The molecule has 1 unspecified atom stereocenters. The Kier molecular flexibility index (Phi) is 10.4. The number of ether oxygens (including phenoxy) is 1. The van der Waals surface area contributed by atoms with E-state index in [0.717, 1.165) is 13.1 Å². The number of piperidine rings is 1. The van der Waals surface area contributed by atoms with Crippen molar-refractivity contribution in [1.82, 2.24) is 9.80 Å². The first-order chi connectivity index (χ1) is 21.3. The second kappa shape index (κ2) is 14.6. The summed E-state index contributed by atoms with van der Waals surface area (Å²) >= 11 is 0. The average Bonchev–Trinajstić information content (AvgIpc) is 3.05. The van der Waals surface area contributed by atoms with E-state index in [1.165, 1.54) is 11.1 Å². The van der Waals surface area contributed by atoms with Crippen LogP contribution in [-0.2, 0) is 27.8 Å². The molecule has 8 heteroatoms. The number of anilines is 1. The Hall–Kier alpha value is -4.14. The highest BCUT2D eigenvalue weighted by molar-refractivity contribution is 7.93. The first-order valence-corrected chi connectivity index (χ1v) is 16.7. The Labute approximate surface area is 261 Å². The molecule has 1 aliphatic heterocycles. The smallest absolute Gasteiger partial charge is 0.409 e. The van der Waals surface area contributed by atoms with Gasteiger partial charge in [-0.05, 0) is 61.6 Å². The Morgan fingerprint density at radius 3 is 1.84 bits per heavy atom. The summed E-state index contributed by atoms with van der Waals surface area (Å²) in [6, 6.07) is 36.6. The maximum Gasteiger partial charge on any atom is 0.409 e. The largest absolute Gasteiger partial charge is 0.448 e. The normalized spacial score (nSPS) is 14.8. The number of benzene rings is 4. The Morgan fingerprint density at radius 1 is 0.795 bits per heavy atom. The lowest BCUT2D eigenvalue weighted by atomic mass is 10.0. The van der Waals surface area contributed by atoms with Gasteiger partial charge in [-0.3, -0.25) is 9.21 Å². The monoisotopic (exact) mass is 611 g/mol. The van der Waals surface area contributed by atoms with Crippen LogP contribution in [0.5, 0.6) is 0 Å². The molecule has 1 amide bonds. The average molecular weight is 612 g/mol. The van der Waals surface area contributed by atoms with E-state index in [4.69, 9.17) is 4.74 Å². The highest BCUT2D eigenvalue weighted by Crippen LogP contribution is 2.31. The van der Waals surface area contributed by atoms with Crippen LogP contribution in [0.25, 0.3) is 0 Å². The summed E-state index contributed by atoms with van der Waals surface area (Å²) in [6.07, 6.45) is 0.667. The van der Waals surface area contributed by atoms with Crippen molar-refractivity contribution in [3.63, 3.8) is 0 Å². The molecular formula is C36H41N3O4S. The molecule has 1 fully saturated rings. The molecule has 4 aromatic carbocycles. The van der Waals surface area contributed by atoms with Crippen molar-refractivity contribution in [2.75, 3.05) is 24.0 Å². The molecule has 5 rings (SSSR count). The van der Waals surface area contributed by atoms with Crippen molar-refractivity contribution in [3.8, 4) is 0 Å². The van der Waals surface area contributed by atoms with Crippen LogP contribution in [-0.4, -0.2) is 56.1 Å². The fourth-order valence-corrected chi connectivity index (χ4v) is 7.69. The van der Waals surface area contributed by atoms with Crippen LogP contribution in [0.4, 0.5) is 10.5 Å². The molecule has 0 bridgehead atoms. The van der Waals surface area contributed by atoms with Gasteiger partial charge in [0.25, 0.3) is 10.0 Å². The van der Waals surface area contributed by atoms with Gasteiger partial charge in [-0.25, -0.2) is 13.2 Å². The summed E-state index contributed by atoms with van der Waals surface area (Å²) in [4.78, 5) is 17.5. The lowest BCUT2D eigenvalue weighted by molar-refractivity contribution is 0.0592. The van der Waals surface area contributed by atoms with E-state index in [9.17, 15) is 13.2 Å². The fourth-order valence-electron chi connectivity index (χ4n) is 5.75. The van der Waals surface area contributed by atoms with E-state index < -0.39 is 10.0 Å². The molecule has 0 saturated carbocycles. The molecule has 0 aromatic heterocycles. The number of hydrogen-bond acceptors (Lipinski definition) is 5. The van der Waals surface area contributed by atoms with E-state index >= 15 is 0 Å². The molecular weight excluding hydrogens is 570 g/mol. The summed E-state index contributed by atoms with van der Waals surface area (Å²) in [6.45, 7) is 6.48. The van der Waals surface area contributed by atoms with Gasteiger partial charge in [-0.1, -0.05) is 97.1 Å². The van der Waals surface area contributed by atoms with E-state index in [-0.39, 0.29) is 24.8 Å². The third-order valence-corrected chi connectivity index (χ3v) is 10.3.